The highest BCUT2D eigenvalue weighted by Gasteiger charge is 2.38. The predicted molar refractivity (Wildman–Crippen MR) is 113 cm³/mol. The van der Waals surface area contributed by atoms with Gasteiger partial charge in [-0.3, -0.25) is 14.4 Å². The Labute approximate surface area is 172 Å². The van der Waals surface area contributed by atoms with E-state index >= 15 is 0 Å². The van der Waals surface area contributed by atoms with Crippen molar-refractivity contribution in [3.05, 3.63) is 93.5 Å². The van der Waals surface area contributed by atoms with Gasteiger partial charge in [0.2, 0.25) is 0 Å². The summed E-state index contributed by atoms with van der Waals surface area (Å²) >= 11 is 6.13. The van der Waals surface area contributed by atoms with Gasteiger partial charge >= 0.3 is 0 Å². The number of rotatable bonds is 3. The molecule has 144 valence electrons. The maximum absolute atomic E-state index is 12.8. The lowest BCUT2D eigenvalue weighted by atomic mass is 10.1. The zero-order valence-corrected chi connectivity index (χ0v) is 16.6. The van der Waals surface area contributed by atoms with Gasteiger partial charge in [-0.15, -0.1) is 0 Å². The first-order valence-corrected chi connectivity index (χ1v) is 9.40. The summed E-state index contributed by atoms with van der Waals surface area (Å²) in [6, 6.07) is 17.2. The van der Waals surface area contributed by atoms with Gasteiger partial charge in [0, 0.05) is 11.3 Å². The number of hydrogen-bond donors (Lipinski definition) is 1. The molecule has 3 aromatic carbocycles. The van der Waals surface area contributed by atoms with Gasteiger partial charge in [-0.05, 0) is 61.9 Å². The number of imide groups is 1. The number of benzene rings is 3. The molecule has 6 heteroatoms. The van der Waals surface area contributed by atoms with E-state index in [1.165, 1.54) is 0 Å². The van der Waals surface area contributed by atoms with E-state index in [0.717, 1.165) is 10.5 Å². The fourth-order valence-electron chi connectivity index (χ4n) is 3.44. The second kappa shape index (κ2) is 7.18. The smallest absolute Gasteiger partial charge is 0.267 e. The molecule has 0 unspecified atom stereocenters. The minimum atomic E-state index is -0.449. The van der Waals surface area contributed by atoms with Gasteiger partial charge in [0.15, 0.2) is 0 Å². The summed E-state index contributed by atoms with van der Waals surface area (Å²) in [5.41, 5.74) is 3.77. The van der Waals surface area contributed by atoms with E-state index in [4.69, 9.17) is 11.6 Å². The molecule has 0 radical (unpaired) electrons. The number of amides is 3. The second-order valence-corrected chi connectivity index (χ2v) is 7.34. The van der Waals surface area contributed by atoms with Gasteiger partial charge in [0.25, 0.3) is 17.7 Å². The van der Waals surface area contributed by atoms with E-state index in [9.17, 15) is 14.4 Å². The summed E-state index contributed by atoms with van der Waals surface area (Å²) in [6.45, 7) is 3.70. The number of carbonyl (C=O) groups excluding carboxylic acids is 3. The number of fused-ring (bicyclic) bond motifs is 1. The van der Waals surface area contributed by atoms with E-state index in [1.807, 2.05) is 19.1 Å². The molecule has 0 spiro atoms. The molecule has 1 heterocycles. The molecule has 1 N–H and O–H groups in total. The molecule has 0 atom stereocenters. The van der Waals surface area contributed by atoms with Crippen molar-refractivity contribution >= 4 is 40.7 Å². The first-order valence-electron chi connectivity index (χ1n) is 9.03. The SMILES string of the molecule is Cc1cccc(C(=O)Nc2ccc(N3C(=O)c4cccc(Cl)c4C3=O)c(C)c2)c1. The molecule has 0 aromatic heterocycles. The maximum Gasteiger partial charge on any atom is 0.267 e. The Morgan fingerprint density at radius 1 is 0.931 bits per heavy atom. The Balaban J connectivity index is 1.62. The van der Waals surface area contributed by atoms with Crippen LogP contribution in [0, 0.1) is 13.8 Å². The fourth-order valence-corrected chi connectivity index (χ4v) is 3.69. The largest absolute Gasteiger partial charge is 0.322 e. The van der Waals surface area contributed by atoms with Crippen LogP contribution in [0.25, 0.3) is 0 Å². The van der Waals surface area contributed by atoms with Gasteiger partial charge < -0.3 is 5.32 Å². The molecule has 3 amide bonds. The normalized spacial score (nSPS) is 12.9. The molecule has 0 aliphatic carbocycles. The van der Waals surface area contributed by atoms with Crippen molar-refractivity contribution in [2.24, 2.45) is 0 Å². The number of anilines is 2. The average Bonchev–Trinajstić information content (AvgIpc) is 2.94. The quantitative estimate of drug-likeness (QED) is 0.624. The molecule has 0 fully saturated rings. The molecular weight excluding hydrogens is 388 g/mol. The van der Waals surface area contributed by atoms with Crippen LogP contribution >= 0.6 is 11.6 Å². The molecule has 0 bridgehead atoms. The van der Waals surface area contributed by atoms with E-state index in [-0.39, 0.29) is 16.5 Å². The van der Waals surface area contributed by atoms with Crippen LogP contribution in [0.3, 0.4) is 0 Å². The van der Waals surface area contributed by atoms with Crippen molar-refractivity contribution in [3.63, 3.8) is 0 Å². The summed E-state index contributed by atoms with van der Waals surface area (Å²) in [4.78, 5) is 39.2. The van der Waals surface area contributed by atoms with Gasteiger partial charge in [-0.25, -0.2) is 4.90 Å². The molecule has 29 heavy (non-hydrogen) atoms. The van der Waals surface area contributed by atoms with Gasteiger partial charge in [0.1, 0.15) is 0 Å². The number of carbonyl (C=O) groups is 3. The zero-order valence-electron chi connectivity index (χ0n) is 15.8. The highest BCUT2D eigenvalue weighted by Crippen LogP contribution is 2.34. The molecule has 1 aliphatic rings. The third-order valence-electron chi connectivity index (χ3n) is 4.84. The van der Waals surface area contributed by atoms with Crippen molar-refractivity contribution in [2.75, 3.05) is 10.2 Å². The summed E-state index contributed by atoms with van der Waals surface area (Å²) in [6.07, 6.45) is 0. The van der Waals surface area contributed by atoms with Crippen LogP contribution in [0.1, 0.15) is 42.2 Å². The van der Waals surface area contributed by atoms with Crippen molar-refractivity contribution in [2.45, 2.75) is 13.8 Å². The topological polar surface area (TPSA) is 66.5 Å². The van der Waals surface area contributed by atoms with Crippen LogP contribution in [-0.2, 0) is 0 Å². The van der Waals surface area contributed by atoms with E-state index < -0.39 is 11.8 Å². The Hall–Kier alpha value is -3.44. The van der Waals surface area contributed by atoms with E-state index in [0.29, 0.717) is 28.1 Å². The summed E-state index contributed by atoms with van der Waals surface area (Å²) in [5, 5.41) is 3.10. The number of nitrogens with zero attached hydrogens (tertiary/aromatic N) is 1. The number of aryl methyl sites for hydroxylation is 2. The molecule has 0 saturated heterocycles. The fraction of sp³-hybridized carbons (Fsp3) is 0.0870. The Morgan fingerprint density at radius 2 is 1.69 bits per heavy atom. The zero-order chi connectivity index (χ0) is 20.7. The third kappa shape index (κ3) is 3.30. The van der Waals surface area contributed by atoms with Crippen molar-refractivity contribution < 1.29 is 14.4 Å². The lowest BCUT2D eigenvalue weighted by molar-refractivity contribution is 0.0924. The van der Waals surface area contributed by atoms with Gasteiger partial charge in [-0.1, -0.05) is 35.4 Å². The molecule has 3 aromatic rings. The van der Waals surface area contributed by atoms with Crippen molar-refractivity contribution in [1.29, 1.82) is 0 Å². The number of hydrogen-bond acceptors (Lipinski definition) is 3. The van der Waals surface area contributed by atoms with Crippen molar-refractivity contribution in [3.8, 4) is 0 Å². The van der Waals surface area contributed by atoms with E-state index in [1.54, 1.807) is 55.5 Å². The van der Waals surface area contributed by atoms with Crippen LogP contribution in [0.4, 0.5) is 11.4 Å². The first kappa shape index (κ1) is 18.9. The molecular formula is C23H17ClN2O3. The minimum Gasteiger partial charge on any atom is -0.322 e. The second-order valence-electron chi connectivity index (χ2n) is 6.93. The number of halogens is 1. The van der Waals surface area contributed by atoms with Crippen LogP contribution in [-0.4, -0.2) is 17.7 Å². The highest BCUT2D eigenvalue weighted by atomic mass is 35.5. The lowest BCUT2D eigenvalue weighted by Crippen LogP contribution is -2.30. The van der Waals surface area contributed by atoms with Gasteiger partial charge in [0.05, 0.1) is 21.8 Å². The predicted octanol–water partition coefficient (Wildman–Crippen LogP) is 5.01. The van der Waals surface area contributed by atoms with E-state index in [2.05, 4.69) is 5.32 Å². The molecule has 4 rings (SSSR count). The Bertz CT molecular complexity index is 1190. The first-order chi connectivity index (χ1) is 13.9. The molecule has 1 aliphatic heterocycles. The molecule has 0 saturated carbocycles. The minimum absolute atomic E-state index is 0.218. The monoisotopic (exact) mass is 404 g/mol. The Kier molecular flexibility index (Phi) is 4.68. The Morgan fingerprint density at radius 3 is 2.38 bits per heavy atom. The highest BCUT2D eigenvalue weighted by molar-refractivity contribution is 6.42. The van der Waals surface area contributed by atoms with Crippen LogP contribution < -0.4 is 10.2 Å². The third-order valence-corrected chi connectivity index (χ3v) is 5.15. The summed E-state index contributed by atoms with van der Waals surface area (Å²) in [7, 11) is 0. The van der Waals surface area contributed by atoms with Crippen LogP contribution in [0.15, 0.2) is 60.7 Å². The molecule has 5 nitrogen and oxygen atoms in total. The van der Waals surface area contributed by atoms with Crippen LogP contribution in [0.2, 0.25) is 5.02 Å². The summed E-state index contributed by atoms with van der Waals surface area (Å²) in [5.74, 6) is -1.09. The standard InChI is InChI=1S/C23H17ClN2O3/c1-13-5-3-6-15(11-13)21(27)25-16-9-10-19(14(2)12-16)26-22(28)17-7-4-8-18(24)20(17)23(26)29/h3-12H,1-2H3,(H,25,27). The van der Waals surface area contributed by atoms with Gasteiger partial charge in [-0.2, -0.15) is 0 Å². The number of nitrogens with one attached hydrogen (secondary N) is 1. The van der Waals surface area contributed by atoms with Crippen LogP contribution in [0.5, 0.6) is 0 Å². The lowest BCUT2D eigenvalue weighted by Gasteiger charge is -2.18. The van der Waals surface area contributed by atoms with Crippen molar-refractivity contribution in [1.82, 2.24) is 0 Å². The average molecular weight is 405 g/mol. The summed E-state index contributed by atoms with van der Waals surface area (Å²) < 4.78 is 0. The maximum atomic E-state index is 12.8.